The number of halogens is 1. The van der Waals surface area contributed by atoms with Crippen LogP contribution in [0.3, 0.4) is 0 Å². The molecule has 1 aromatic rings. The van der Waals surface area contributed by atoms with E-state index in [0.29, 0.717) is 0 Å². The first-order valence-corrected chi connectivity index (χ1v) is 19.1. The van der Waals surface area contributed by atoms with E-state index in [1.54, 1.807) is 20.8 Å². The van der Waals surface area contributed by atoms with Gasteiger partial charge in [0, 0.05) is 28.2 Å². The van der Waals surface area contributed by atoms with Crippen LogP contribution in [-0.2, 0) is 49.5 Å². The average molecular weight is 826 g/mol. The summed E-state index contributed by atoms with van der Waals surface area (Å²) in [5.41, 5.74) is -1.35. The van der Waals surface area contributed by atoms with Crippen molar-refractivity contribution in [3.63, 3.8) is 0 Å². The fraction of sp³-hybridized carbons (Fsp3) is 0.722. The summed E-state index contributed by atoms with van der Waals surface area (Å²) >= 11 is 2.22. The van der Waals surface area contributed by atoms with E-state index in [4.69, 9.17) is 23.8 Å². The molecule has 0 aromatic heterocycles. The molecule has 3 saturated carbocycles. The quantitative estimate of drug-likeness (QED) is 0.168. The van der Waals surface area contributed by atoms with Crippen LogP contribution in [0.4, 0.5) is 0 Å². The molecular formula is C36H48IN3O11. The minimum atomic E-state index is -1.55. The number of carbonyl (C=O) groups is 4. The highest BCUT2D eigenvalue weighted by atomic mass is 127. The van der Waals surface area contributed by atoms with E-state index in [2.05, 4.69) is 33.2 Å². The van der Waals surface area contributed by atoms with Crippen molar-refractivity contribution in [2.45, 2.75) is 139 Å². The molecule has 4 N–H and O–H groups in total. The van der Waals surface area contributed by atoms with Crippen LogP contribution in [0, 0.1) is 20.8 Å². The molecule has 0 radical (unpaired) electrons. The van der Waals surface area contributed by atoms with Gasteiger partial charge in [0.15, 0.2) is 11.8 Å². The smallest absolute Gasteiger partial charge is 0.327 e. The number of nitrogens with zero attached hydrogens (tertiary/aromatic N) is 1. The van der Waals surface area contributed by atoms with Crippen LogP contribution in [0.25, 0.3) is 0 Å². The lowest BCUT2D eigenvalue weighted by Gasteiger charge is -2.49. The highest BCUT2D eigenvalue weighted by Crippen LogP contribution is 2.63. The molecule has 7 rings (SSSR count). The van der Waals surface area contributed by atoms with Gasteiger partial charge in [0.1, 0.15) is 41.5 Å². The van der Waals surface area contributed by atoms with Gasteiger partial charge in [-0.15, -0.1) is 0 Å². The van der Waals surface area contributed by atoms with Crippen LogP contribution in [-0.4, -0.2) is 106 Å². The number of benzene rings is 1. The van der Waals surface area contributed by atoms with Gasteiger partial charge >= 0.3 is 11.9 Å². The molecule has 9 atom stereocenters. The fourth-order valence-electron chi connectivity index (χ4n) is 8.33. The maximum atomic E-state index is 14.8. The monoisotopic (exact) mass is 825 g/mol. The van der Waals surface area contributed by atoms with E-state index in [1.165, 1.54) is 12.0 Å². The molecule has 3 saturated heterocycles. The molecule has 14 nitrogen and oxygen atoms in total. The van der Waals surface area contributed by atoms with Crippen molar-refractivity contribution >= 4 is 46.3 Å². The van der Waals surface area contributed by atoms with Gasteiger partial charge in [0.2, 0.25) is 11.8 Å². The van der Waals surface area contributed by atoms with Crippen molar-refractivity contribution in [2.75, 3.05) is 6.61 Å². The molecule has 280 valence electrons. The summed E-state index contributed by atoms with van der Waals surface area (Å²) in [5.74, 6) is -2.92. The number of amides is 2. The third kappa shape index (κ3) is 6.92. The van der Waals surface area contributed by atoms with Crippen molar-refractivity contribution in [1.29, 1.82) is 0 Å². The van der Waals surface area contributed by atoms with Crippen molar-refractivity contribution in [1.82, 2.24) is 15.7 Å². The normalized spacial score (nSPS) is 32.7. The Bertz CT molecular complexity index is 1530. The lowest BCUT2D eigenvalue weighted by atomic mass is 9.62. The SMILES string of the molecule is C[C@H](O)[C@@H](NC(=O)[C@@]12C[C@H]3OC(=O)[C@@H]1N(Cc1ccccc1I)O[C@@H]2[C@H]1OC(C2CC2)(C2CC2)O[C@H]13)C(=O)N[C@H](CO)CCC(=O)OC(C)(C)C. The number of hydrogen-bond acceptors (Lipinski definition) is 12. The number of esters is 2. The van der Waals surface area contributed by atoms with Crippen molar-refractivity contribution < 1.29 is 53.2 Å². The van der Waals surface area contributed by atoms with E-state index in [1.807, 2.05) is 24.3 Å². The lowest BCUT2D eigenvalue weighted by molar-refractivity contribution is -0.235. The molecule has 0 unspecified atom stereocenters. The number of rotatable bonds is 13. The number of hydrogen-bond donors (Lipinski definition) is 4. The first-order valence-electron chi connectivity index (χ1n) is 18.0. The number of hydroxylamine groups is 2. The Balaban J connectivity index is 1.16. The van der Waals surface area contributed by atoms with Gasteiger partial charge in [-0.25, -0.2) is 0 Å². The van der Waals surface area contributed by atoms with Gasteiger partial charge in [0.25, 0.3) is 0 Å². The Kier molecular flexibility index (Phi) is 9.98. The van der Waals surface area contributed by atoms with Crippen molar-refractivity contribution in [3.8, 4) is 0 Å². The fourth-order valence-corrected chi connectivity index (χ4v) is 8.88. The molecule has 3 aliphatic heterocycles. The summed E-state index contributed by atoms with van der Waals surface area (Å²) < 4.78 is 26.0. The van der Waals surface area contributed by atoms with E-state index in [0.717, 1.165) is 34.8 Å². The van der Waals surface area contributed by atoms with E-state index in [9.17, 15) is 29.4 Å². The third-order valence-electron chi connectivity index (χ3n) is 10.9. The van der Waals surface area contributed by atoms with Gasteiger partial charge in [-0.05, 0) is 94.0 Å². The Morgan fingerprint density at radius 3 is 2.35 bits per heavy atom. The molecule has 51 heavy (non-hydrogen) atoms. The maximum absolute atomic E-state index is 14.8. The molecule has 3 aliphatic carbocycles. The number of nitrogens with one attached hydrogen (secondary N) is 2. The topological polar surface area (TPSA) is 182 Å². The zero-order chi connectivity index (χ0) is 36.5. The minimum Gasteiger partial charge on any atom is -0.460 e. The summed E-state index contributed by atoms with van der Waals surface area (Å²) in [5, 5.41) is 27.8. The number of carbonyl (C=O) groups excluding carboxylic acids is 4. The highest BCUT2D eigenvalue weighted by molar-refractivity contribution is 14.1. The highest BCUT2D eigenvalue weighted by Gasteiger charge is 2.78. The van der Waals surface area contributed by atoms with Crippen molar-refractivity contribution in [3.05, 3.63) is 33.4 Å². The number of aliphatic hydroxyl groups excluding tert-OH is 2. The zero-order valence-corrected chi connectivity index (χ0v) is 31.5. The lowest BCUT2D eigenvalue weighted by Crippen LogP contribution is -2.71. The zero-order valence-electron chi connectivity index (χ0n) is 29.3. The van der Waals surface area contributed by atoms with E-state index < -0.39 is 95.8 Å². The van der Waals surface area contributed by atoms with Gasteiger partial charge in [0.05, 0.1) is 25.3 Å². The van der Waals surface area contributed by atoms with Gasteiger partial charge in [-0.2, -0.15) is 5.06 Å². The summed E-state index contributed by atoms with van der Waals surface area (Å²) in [6, 6.07) is 4.18. The maximum Gasteiger partial charge on any atom is 0.327 e. The molecule has 3 heterocycles. The molecule has 0 spiro atoms. The average Bonchev–Trinajstić information content (AvgIpc) is 4.01. The second-order valence-electron chi connectivity index (χ2n) is 16.0. The molecular weight excluding hydrogens is 777 g/mol. The van der Waals surface area contributed by atoms with Crippen LogP contribution in [0.2, 0.25) is 0 Å². The molecule has 6 aliphatic rings. The molecule has 6 fully saturated rings. The second-order valence-corrected chi connectivity index (χ2v) is 17.1. The predicted octanol–water partition coefficient (Wildman–Crippen LogP) is 1.86. The summed E-state index contributed by atoms with van der Waals surface area (Å²) in [7, 11) is 0. The number of aliphatic hydroxyl groups is 2. The number of fused-ring (bicyclic) bond motifs is 4. The van der Waals surface area contributed by atoms with Gasteiger partial charge < -0.3 is 39.8 Å². The third-order valence-corrected chi connectivity index (χ3v) is 12.0. The standard InChI is InChI=1S/C36H48IN3O11/c1-18(42)26(31(44)38-22(17-41)13-14-25(43)48-34(2,3)4)39-33(46)35-15-24-27-28(50-36(49-27,20-9-10-20)21-11-12-21)30(35)51-40(29(35)32(45)47-24)16-19-7-5-6-8-23(19)37/h5-8,18,20-22,24,26-30,41-42H,9-17H2,1-4H3,(H,38,44)(H,39,46)/t18-,22-,24+,26+,27-,28-,29-,30+,35-/m0/s1. The van der Waals surface area contributed by atoms with E-state index in [-0.39, 0.29) is 37.6 Å². The first-order chi connectivity index (χ1) is 24.2. The summed E-state index contributed by atoms with van der Waals surface area (Å²) in [4.78, 5) is 61.5. The van der Waals surface area contributed by atoms with Crippen LogP contribution >= 0.6 is 22.6 Å². The summed E-state index contributed by atoms with van der Waals surface area (Å²) in [6.45, 7) is 6.30. The van der Waals surface area contributed by atoms with Crippen LogP contribution in [0.1, 0.15) is 78.2 Å². The molecule has 2 bridgehead atoms. The first kappa shape index (κ1) is 36.9. The Morgan fingerprint density at radius 2 is 1.75 bits per heavy atom. The van der Waals surface area contributed by atoms with E-state index >= 15 is 0 Å². The molecule has 15 heteroatoms. The number of ether oxygens (including phenoxy) is 4. The Labute approximate surface area is 310 Å². The van der Waals surface area contributed by atoms with Crippen LogP contribution in [0.5, 0.6) is 0 Å². The minimum absolute atomic E-state index is 0.0637. The van der Waals surface area contributed by atoms with Crippen molar-refractivity contribution in [2.24, 2.45) is 17.3 Å². The Morgan fingerprint density at radius 1 is 1.08 bits per heavy atom. The molecule has 1 aromatic carbocycles. The second kappa shape index (κ2) is 13.8. The summed E-state index contributed by atoms with van der Waals surface area (Å²) in [6.07, 6.45) is -0.498. The molecule has 2 amide bonds. The Hall–Kier alpha value is -2.41. The van der Waals surface area contributed by atoms with Gasteiger partial charge in [-0.3, -0.25) is 24.0 Å². The van der Waals surface area contributed by atoms with Gasteiger partial charge in [-0.1, -0.05) is 18.2 Å². The van der Waals surface area contributed by atoms with Crippen LogP contribution < -0.4 is 10.6 Å². The predicted molar refractivity (Wildman–Crippen MR) is 186 cm³/mol. The largest absolute Gasteiger partial charge is 0.460 e. The van der Waals surface area contributed by atoms with Crippen LogP contribution in [0.15, 0.2) is 24.3 Å².